The van der Waals surface area contributed by atoms with Gasteiger partial charge >= 0.3 is 5.97 Å². The minimum atomic E-state index is -0.949. The van der Waals surface area contributed by atoms with Crippen molar-refractivity contribution in [2.75, 3.05) is 5.32 Å². The van der Waals surface area contributed by atoms with Crippen molar-refractivity contribution in [2.45, 2.75) is 25.2 Å². The highest BCUT2D eigenvalue weighted by Crippen LogP contribution is 2.46. The Hall–Kier alpha value is -2.70. The number of aliphatic carboxylic acids is 1. The number of hydrogen-bond donors (Lipinski definition) is 3. The summed E-state index contributed by atoms with van der Waals surface area (Å²) < 4.78 is 13.5. The van der Waals surface area contributed by atoms with Crippen LogP contribution >= 0.6 is 0 Å². The van der Waals surface area contributed by atoms with E-state index in [2.05, 4.69) is 15.5 Å². The highest BCUT2D eigenvalue weighted by molar-refractivity contribution is 6.01. The number of nitrogens with one attached hydrogen (secondary N) is 2. The van der Waals surface area contributed by atoms with Gasteiger partial charge in [0, 0.05) is 11.5 Å². The van der Waals surface area contributed by atoms with Crippen molar-refractivity contribution >= 4 is 17.6 Å². The molecule has 1 aromatic carbocycles. The van der Waals surface area contributed by atoms with Gasteiger partial charge in [-0.15, -0.1) is 0 Å². The smallest absolute Gasteiger partial charge is 0.307 e. The molecule has 2 fully saturated rings. The van der Waals surface area contributed by atoms with E-state index in [-0.39, 0.29) is 11.7 Å². The lowest BCUT2D eigenvalue weighted by Crippen LogP contribution is -2.17. The summed E-state index contributed by atoms with van der Waals surface area (Å²) in [5, 5.41) is 19.0. The summed E-state index contributed by atoms with van der Waals surface area (Å²) in [7, 11) is 0. The van der Waals surface area contributed by atoms with Crippen LogP contribution in [0.5, 0.6) is 0 Å². The average Bonchev–Trinajstić information content (AvgIpc) is 3.45. The highest BCUT2D eigenvalue weighted by atomic mass is 19.1. The second kappa shape index (κ2) is 5.43. The summed E-state index contributed by atoms with van der Waals surface area (Å²) >= 11 is 0. The van der Waals surface area contributed by atoms with E-state index >= 15 is 0 Å². The van der Waals surface area contributed by atoms with E-state index < -0.39 is 17.8 Å². The quantitative estimate of drug-likeness (QED) is 0.786. The maximum absolute atomic E-state index is 13.5. The molecule has 2 saturated carbocycles. The second-order valence-electron chi connectivity index (χ2n) is 6.42. The van der Waals surface area contributed by atoms with Gasteiger partial charge in [-0.2, -0.15) is 5.10 Å². The first-order valence-electron chi connectivity index (χ1n) is 7.92. The number of anilines is 1. The molecule has 1 aromatic heterocycles. The number of aromatic nitrogens is 2. The predicted molar refractivity (Wildman–Crippen MR) is 83.8 cm³/mol. The molecule has 24 heavy (non-hydrogen) atoms. The summed E-state index contributed by atoms with van der Waals surface area (Å²) in [4.78, 5) is 23.3. The van der Waals surface area contributed by atoms with Gasteiger partial charge in [0.1, 0.15) is 11.5 Å². The van der Waals surface area contributed by atoms with E-state index in [0.717, 1.165) is 18.5 Å². The Labute approximate surface area is 137 Å². The van der Waals surface area contributed by atoms with E-state index in [1.165, 1.54) is 12.1 Å². The standard InChI is InChI=1S/C17H16FN3O3/c18-10-3-1-2-9(6-10)14-15(13(20-21-14)8-4-5-8)19-16(22)11-7-12(11)17(23)24/h1-3,6,8,11-12H,4-5,7H2,(H,19,22)(H,20,21)(H,23,24)/t11-,12-/m1/s1. The summed E-state index contributed by atoms with van der Waals surface area (Å²) in [5.41, 5.74) is 2.43. The van der Waals surface area contributed by atoms with Crippen molar-refractivity contribution in [3.05, 3.63) is 35.8 Å². The van der Waals surface area contributed by atoms with E-state index in [4.69, 9.17) is 5.11 Å². The molecule has 3 N–H and O–H groups in total. The first-order valence-corrected chi connectivity index (χ1v) is 7.92. The number of H-pyrrole nitrogens is 1. The first kappa shape index (κ1) is 14.9. The predicted octanol–water partition coefficient (Wildman–Crippen LogP) is 2.75. The van der Waals surface area contributed by atoms with Gasteiger partial charge in [0.2, 0.25) is 5.91 Å². The molecule has 0 saturated heterocycles. The van der Waals surface area contributed by atoms with Gasteiger partial charge in [0.05, 0.1) is 23.2 Å². The fourth-order valence-corrected chi connectivity index (χ4v) is 2.97. The third kappa shape index (κ3) is 2.66. The van der Waals surface area contributed by atoms with E-state index in [9.17, 15) is 14.0 Å². The fourth-order valence-electron chi connectivity index (χ4n) is 2.97. The van der Waals surface area contributed by atoms with Crippen LogP contribution < -0.4 is 5.32 Å². The molecule has 124 valence electrons. The number of hydrogen-bond acceptors (Lipinski definition) is 3. The van der Waals surface area contributed by atoms with Gasteiger partial charge in [-0.05, 0) is 31.4 Å². The average molecular weight is 329 g/mol. The maximum Gasteiger partial charge on any atom is 0.307 e. The zero-order valence-corrected chi connectivity index (χ0v) is 12.8. The van der Waals surface area contributed by atoms with Gasteiger partial charge in [-0.1, -0.05) is 12.1 Å². The van der Waals surface area contributed by atoms with Crippen LogP contribution in [0.2, 0.25) is 0 Å². The molecule has 0 unspecified atom stereocenters. The Bertz CT molecular complexity index is 828. The van der Waals surface area contributed by atoms with Crippen LogP contribution in [-0.4, -0.2) is 27.2 Å². The van der Waals surface area contributed by atoms with Crippen LogP contribution in [-0.2, 0) is 9.59 Å². The summed E-state index contributed by atoms with van der Waals surface area (Å²) in [6.07, 6.45) is 2.37. The number of benzene rings is 1. The summed E-state index contributed by atoms with van der Waals surface area (Å²) in [6.45, 7) is 0. The molecule has 2 atom stereocenters. The molecule has 2 aliphatic rings. The molecule has 1 amide bonds. The molecule has 0 aliphatic heterocycles. The van der Waals surface area contributed by atoms with Crippen molar-refractivity contribution in [1.82, 2.24) is 10.2 Å². The van der Waals surface area contributed by atoms with Crippen LogP contribution in [0.3, 0.4) is 0 Å². The highest BCUT2D eigenvalue weighted by Gasteiger charge is 2.48. The minimum absolute atomic E-state index is 0.310. The van der Waals surface area contributed by atoms with Crippen molar-refractivity contribution in [1.29, 1.82) is 0 Å². The van der Waals surface area contributed by atoms with Crippen molar-refractivity contribution < 1.29 is 19.1 Å². The molecular formula is C17H16FN3O3. The zero-order valence-electron chi connectivity index (χ0n) is 12.8. The lowest BCUT2D eigenvalue weighted by atomic mass is 10.1. The van der Waals surface area contributed by atoms with Gasteiger partial charge in [0.15, 0.2) is 0 Å². The molecule has 4 rings (SSSR count). The van der Waals surface area contributed by atoms with Crippen LogP contribution in [0.25, 0.3) is 11.3 Å². The number of aromatic amines is 1. The molecule has 7 heteroatoms. The lowest BCUT2D eigenvalue weighted by Gasteiger charge is -2.08. The molecule has 1 heterocycles. The van der Waals surface area contributed by atoms with Gasteiger partial charge in [0.25, 0.3) is 0 Å². The van der Waals surface area contributed by atoms with Crippen molar-refractivity contribution in [3.8, 4) is 11.3 Å². The third-order valence-corrected chi connectivity index (χ3v) is 4.57. The Kier molecular flexibility index (Phi) is 3.37. The van der Waals surface area contributed by atoms with Crippen molar-refractivity contribution in [2.24, 2.45) is 11.8 Å². The number of amides is 1. The van der Waals surface area contributed by atoms with Gasteiger partial charge in [-0.25, -0.2) is 4.39 Å². The number of carbonyl (C=O) groups excluding carboxylic acids is 1. The number of nitrogens with zero attached hydrogens (tertiary/aromatic N) is 1. The van der Waals surface area contributed by atoms with Crippen LogP contribution in [0.15, 0.2) is 24.3 Å². The Morgan fingerprint density at radius 1 is 1.29 bits per heavy atom. The summed E-state index contributed by atoms with van der Waals surface area (Å²) in [6, 6.07) is 6.02. The molecule has 0 bridgehead atoms. The van der Waals surface area contributed by atoms with E-state index in [1.807, 2.05) is 0 Å². The van der Waals surface area contributed by atoms with E-state index in [1.54, 1.807) is 12.1 Å². The van der Waals surface area contributed by atoms with Crippen LogP contribution in [0.1, 0.15) is 30.9 Å². The second-order valence-corrected chi connectivity index (χ2v) is 6.42. The monoisotopic (exact) mass is 329 g/mol. The maximum atomic E-state index is 13.5. The Morgan fingerprint density at radius 3 is 2.71 bits per heavy atom. The number of rotatable bonds is 5. The molecular weight excluding hydrogens is 313 g/mol. The molecule has 0 radical (unpaired) electrons. The third-order valence-electron chi connectivity index (χ3n) is 4.57. The topological polar surface area (TPSA) is 95.1 Å². The Balaban J connectivity index is 1.64. The molecule has 6 nitrogen and oxygen atoms in total. The molecule has 2 aliphatic carbocycles. The summed E-state index contributed by atoms with van der Waals surface area (Å²) in [5.74, 6) is -2.46. The minimum Gasteiger partial charge on any atom is -0.481 e. The van der Waals surface area contributed by atoms with Gasteiger partial charge in [-0.3, -0.25) is 14.7 Å². The molecule has 2 aromatic rings. The number of halogens is 1. The Morgan fingerprint density at radius 2 is 2.08 bits per heavy atom. The normalized spacial score (nSPS) is 22.2. The number of carboxylic acid groups (broad SMARTS) is 1. The van der Waals surface area contributed by atoms with Crippen LogP contribution in [0.4, 0.5) is 10.1 Å². The number of carbonyl (C=O) groups is 2. The largest absolute Gasteiger partial charge is 0.481 e. The SMILES string of the molecule is O=C(O)[C@@H]1C[C@H]1C(=O)Nc1c(-c2cccc(F)c2)n[nH]c1C1CC1. The number of carboxylic acids is 1. The van der Waals surface area contributed by atoms with Gasteiger partial charge < -0.3 is 10.4 Å². The van der Waals surface area contributed by atoms with E-state index in [0.29, 0.717) is 29.3 Å². The first-order chi connectivity index (χ1) is 11.5. The fraction of sp³-hybridized carbons (Fsp3) is 0.353. The van der Waals surface area contributed by atoms with Crippen molar-refractivity contribution in [3.63, 3.8) is 0 Å². The zero-order chi connectivity index (χ0) is 16.8. The van der Waals surface area contributed by atoms with Crippen LogP contribution in [0, 0.1) is 17.7 Å². The molecule has 0 spiro atoms. The lowest BCUT2D eigenvalue weighted by molar-refractivity contribution is -0.139.